The van der Waals surface area contributed by atoms with Gasteiger partial charge in [-0.1, -0.05) is 42.5 Å². The van der Waals surface area contributed by atoms with Crippen LogP contribution in [0, 0.1) is 0 Å². The summed E-state index contributed by atoms with van der Waals surface area (Å²) in [6.07, 6.45) is 3.48. The van der Waals surface area contributed by atoms with Crippen LogP contribution in [0.25, 0.3) is 22.0 Å². The van der Waals surface area contributed by atoms with Gasteiger partial charge in [-0.25, -0.2) is 0 Å². The van der Waals surface area contributed by atoms with Crippen molar-refractivity contribution in [3.8, 4) is 22.6 Å². The van der Waals surface area contributed by atoms with Crippen LogP contribution in [0.15, 0.2) is 66.7 Å². The molecular formula is C27H26N2O2. The van der Waals surface area contributed by atoms with Gasteiger partial charge in [-0.05, 0) is 72.7 Å². The van der Waals surface area contributed by atoms with Crippen molar-refractivity contribution in [2.24, 2.45) is 0 Å². The van der Waals surface area contributed by atoms with Gasteiger partial charge in [0.25, 0.3) is 0 Å². The van der Waals surface area contributed by atoms with Crippen LogP contribution >= 0.6 is 0 Å². The fourth-order valence-electron chi connectivity index (χ4n) is 5.02. The van der Waals surface area contributed by atoms with Crippen LogP contribution in [0.2, 0.25) is 0 Å². The van der Waals surface area contributed by atoms with E-state index in [2.05, 4.69) is 77.9 Å². The lowest BCUT2D eigenvalue weighted by atomic mass is 9.90. The lowest BCUT2D eigenvalue weighted by Crippen LogP contribution is -2.27. The Morgan fingerprint density at radius 1 is 0.935 bits per heavy atom. The molecule has 2 aliphatic rings. The minimum atomic E-state index is 0.304. The highest BCUT2D eigenvalue weighted by Crippen LogP contribution is 2.39. The van der Waals surface area contributed by atoms with E-state index in [0.717, 1.165) is 29.9 Å². The van der Waals surface area contributed by atoms with Gasteiger partial charge in [-0.2, -0.15) is 0 Å². The third-order valence-corrected chi connectivity index (χ3v) is 6.66. The molecule has 156 valence electrons. The Balaban J connectivity index is 1.34. The summed E-state index contributed by atoms with van der Waals surface area (Å²) < 4.78 is 11.0. The minimum absolute atomic E-state index is 0.304. The number of nitrogens with one attached hydrogen (secondary N) is 2. The van der Waals surface area contributed by atoms with E-state index in [1.807, 2.05) is 6.07 Å². The molecule has 0 fully saturated rings. The monoisotopic (exact) mass is 410 g/mol. The van der Waals surface area contributed by atoms with E-state index in [9.17, 15) is 0 Å². The molecule has 0 saturated heterocycles. The molecular weight excluding hydrogens is 384 g/mol. The first-order chi connectivity index (χ1) is 15.3. The van der Waals surface area contributed by atoms with Crippen molar-refractivity contribution in [3.05, 3.63) is 83.6 Å². The molecule has 1 aliphatic heterocycles. The largest absolute Gasteiger partial charge is 0.454 e. The number of fused-ring (bicyclic) bond motifs is 4. The van der Waals surface area contributed by atoms with Gasteiger partial charge in [0.05, 0.1) is 0 Å². The van der Waals surface area contributed by atoms with Crippen LogP contribution in [0.3, 0.4) is 0 Å². The van der Waals surface area contributed by atoms with Crippen LogP contribution in [-0.4, -0.2) is 11.8 Å². The molecule has 4 heteroatoms. The molecule has 0 radical (unpaired) electrons. The molecule has 0 saturated carbocycles. The molecule has 6 rings (SSSR count). The number of H-pyrrole nitrogens is 1. The van der Waals surface area contributed by atoms with Gasteiger partial charge in [0.15, 0.2) is 11.5 Å². The fraction of sp³-hybridized carbons (Fsp3) is 0.259. The Kier molecular flexibility index (Phi) is 4.46. The topological polar surface area (TPSA) is 46.3 Å². The number of aromatic amines is 1. The van der Waals surface area contributed by atoms with Gasteiger partial charge >= 0.3 is 0 Å². The summed E-state index contributed by atoms with van der Waals surface area (Å²) >= 11 is 0. The van der Waals surface area contributed by atoms with E-state index >= 15 is 0 Å². The number of aryl methyl sites for hydroxylation is 1. The molecule has 1 aromatic heterocycles. The number of hydrogen-bond donors (Lipinski definition) is 2. The van der Waals surface area contributed by atoms with Gasteiger partial charge < -0.3 is 19.8 Å². The number of benzene rings is 3. The van der Waals surface area contributed by atoms with E-state index in [4.69, 9.17) is 9.47 Å². The second-order valence-electron chi connectivity index (χ2n) is 8.59. The molecule has 4 aromatic rings. The predicted molar refractivity (Wildman–Crippen MR) is 124 cm³/mol. The fourth-order valence-corrected chi connectivity index (χ4v) is 5.02. The molecule has 2 N–H and O–H groups in total. The van der Waals surface area contributed by atoms with E-state index < -0.39 is 0 Å². The van der Waals surface area contributed by atoms with Gasteiger partial charge in [-0.3, -0.25) is 0 Å². The van der Waals surface area contributed by atoms with Crippen LogP contribution in [0.4, 0.5) is 0 Å². The van der Waals surface area contributed by atoms with E-state index in [0.29, 0.717) is 18.9 Å². The average molecular weight is 411 g/mol. The molecule has 3 aromatic carbocycles. The highest BCUT2D eigenvalue weighted by molar-refractivity contribution is 5.89. The maximum absolute atomic E-state index is 5.57. The highest BCUT2D eigenvalue weighted by atomic mass is 16.7. The Hall–Kier alpha value is -3.24. The normalized spacial score (nSPS) is 18.2. The quantitative estimate of drug-likeness (QED) is 0.415. The SMILES string of the molecule is C[C@@H](NC1CCCc2c1[nH]c1ccc(-c3ccc4c(c3)OCO4)cc21)c1ccccc1. The van der Waals surface area contributed by atoms with Gasteiger partial charge in [0.1, 0.15) is 0 Å². The zero-order valence-corrected chi connectivity index (χ0v) is 17.7. The van der Waals surface area contributed by atoms with Crippen molar-refractivity contribution in [2.45, 2.75) is 38.3 Å². The summed E-state index contributed by atoms with van der Waals surface area (Å²) in [7, 11) is 0. The van der Waals surface area contributed by atoms with Gasteiger partial charge in [0, 0.05) is 28.7 Å². The number of ether oxygens (including phenoxy) is 2. The third-order valence-electron chi connectivity index (χ3n) is 6.66. The predicted octanol–water partition coefficient (Wildman–Crippen LogP) is 6.29. The average Bonchev–Trinajstić information content (AvgIpc) is 3.43. The molecule has 1 aliphatic carbocycles. The van der Waals surface area contributed by atoms with E-state index in [1.54, 1.807) is 0 Å². The first-order valence-electron chi connectivity index (χ1n) is 11.1. The van der Waals surface area contributed by atoms with E-state index in [-0.39, 0.29) is 0 Å². The molecule has 2 heterocycles. The summed E-state index contributed by atoms with van der Waals surface area (Å²) in [5.74, 6) is 1.65. The van der Waals surface area contributed by atoms with Gasteiger partial charge in [-0.15, -0.1) is 0 Å². The Labute approximate surface area is 182 Å². The number of rotatable bonds is 4. The third kappa shape index (κ3) is 3.28. The number of aromatic nitrogens is 1. The summed E-state index contributed by atoms with van der Waals surface area (Å²) in [6.45, 7) is 2.56. The maximum atomic E-state index is 5.57. The molecule has 1 unspecified atom stereocenters. The lowest BCUT2D eigenvalue weighted by Gasteiger charge is -2.27. The van der Waals surface area contributed by atoms with Crippen molar-refractivity contribution >= 4 is 10.9 Å². The first-order valence-corrected chi connectivity index (χ1v) is 11.1. The number of hydrogen-bond acceptors (Lipinski definition) is 3. The molecule has 0 spiro atoms. The maximum Gasteiger partial charge on any atom is 0.231 e. The van der Waals surface area contributed by atoms with Crippen molar-refractivity contribution in [1.82, 2.24) is 10.3 Å². The Morgan fingerprint density at radius 3 is 2.65 bits per heavy atom. The summed E-state index contributed by atoms with van der Waals surface area (Å²) in [6, 6.07) is 24.3. The second kappa shape index (κ2) is 7.47. The summed E-state index contributed by atoms with van der Waals surface area (Å²) in [4.78, 5) is 3.74. The molecule has 4 nitrogen and oxygen atoms in total. The van der Waals surface area contributed by atoms with Crippen LogP contribution in [0.5, 0.6) is 11.5 Å². The minimum Gasteiger partial charge on any atom is -0.454 e. The Bertz CT molecular complexity index is 1250. The van der Waals surface area contributed by atoms with Crippen LogP contribution in [-0.2, 0) is 6.42 Å². The first kappa shape index (κ1) is 18.5. The lowest BCUT2D eigenvalue weighted by molar-refractivity contribution is 0.174. The molecule has 0 amide bonds. The second-order valence-corrected chi connectivity index (χ2v) is 8.59. The zero-order valence-electron chi connectivity index (χ0n) is 17.7. The van der Waals surface area contributed by atoms with E-state index in [1.165, 1.54) is 39.7 Å². The molecule has 31 heavy (non-hydrogen) atoms. The smallest absolute Gasteiger partial charge is 0.231 e. The van der Waals surface area contributed by atoms with Crippen molar-refractivity contribution in [3.63, 3.8) is 0 Å². The zero-order chi connectivity index (χ0) is 20.8. The van der Waals surface area contributed by atoms with Crippen LogP contribution < -0.4 is 14.8 Å². The van der Waals surface area contributed by atoms with Crippen LogP contribution in [0.1, 0.15) is 48.7 Å². The van der Waals surface area contributed by atoms with Crippen molar-refractivity contribution < 1.29 is 9.47 Å². The summed E-state index contributed by atoms with van der Waals surface area (Å²) in [5.41, 5.74) is 7.73. The van der Waals surface area contributed by atoms with Crippen molar-refractivity contribution in [2.75, 3.05) is 6.79 Å². The Morgan fingerprint density at radius 2 is 1.74 bits per heavy atom. The van der Waals surface area contributed by atoms with Crippen molar-refractivity contribution in [1.29, 1.82) is 0 Å². The molecule has 2 atom stereocenters. The molecule has 0 bridgehead atoms. The standard InChI is InChI=1S/C27H26N2O2/c1-17(18-6-3-2-4-7-18)28-24-9-5-8-21-22-14-19(10-12-23(22)29-27(21)24)20-11-13-25-26(15-20)31-16-30-25/h2-4,6-7,10-15,17,24,28-29H,5,8-9,16H2,1H3/t17-,24?/m1/s1. The van der Waals surface area contributed by atoms with Gasteiger partial charge in [0.2, 0.25) is 6.79 Å². The summed E-state index contributed by atoms with van der Waals surface area (Å²) in [5, 5.41) is 5.20. The highest BCUT2D eigenvalue weighted by Gasteiger charge is 2.26.